The van der Waals surface area contributed by atoms with E-state index in [0.29, 0.717) is 5.56 Å². The van der Waals surface area contributed by atoms with Crippen LogP contribution in [0.1, 0.15) is 5.56 Å². The number of rotatable bonds is 0. The minimum atomic E-state index is 0. The zero-order valence-electron chi connectivity index (χ0n) is 5.21. The van der Waals surface area contributed by atoms with Gasteiger partial charge in [-0.05, 0) is 12.1 Å². The molecule has 0 radical (unpaired) electrons. The van der Waals surface area contributed by atoms with Gasteiger partial charge < -0.3 is 6.15 Å². The summed E-state index contributed by atoms with van der Waals surface area (Å²) in [6, 6.07) is 5.19. The Kier molecular flexibility index (Phi) is 3.40. The summed E-state index contributed by atoms with van der Waals surface area (Å²) in [7, 11) is 0. The molecule has 0 aliphatic rings. The van der Waals surface area contributed by atoms with Crippen LogP contribution in [-0.2, 0) is 0 Å². The van der Waals surface area contributed by atoms with Crippen molar-refractivity contribution in [2.24, 2.45) is 0 Å². The van der Waals surface area contributed by atoms with E-state index in [1.54, 1.807) is 18.3 Å². The van der Waals surface area contributed by atoms with E-state index >= 15 is 0 Å². The Balaban J connectivity index is 0.000000810. The second-order valence-corrected chi connectivity index (χ2v) is 1.81. The lowest BCUT2D eigenvalue weighted by Gasteiger charge is -1.87. The highest BCUT2D eigenvalue weighted by Crippen LogP contribution is 2.08. The summed E-state index contributed by atoms with van der Waals surface area (Å²) in [6.07, 6.45) is 1.54. The number of hydrogen-bond acceptors (Lipinski definition) is 3. The largest absolute Gasteiger partial charge is 0.344 e. The number of nitriles is 1. The number of pyridine rings is 1. The Bertz CT molecular complexity index is 253. The molecule has 0 amide bonds. The maximum atomic E-state index is 8.34. The van der Waals surface area contributed by atoms with E-state index in [4.69, 9.17) is 16.9 Å². The molecule has 1 aromatic heterocycles. The summed E-state index contributed by atoms with van der Waals surface area (Å²) in [4.78, 5) is 3.69. The van der Waals surface area contributed by atoms with Gasteiger partial charge in [0.1, 0.15) is 11.2 Å². The van der Waals surface area contributed by atoms with Crippen LogP contribution in [0.4, 0.5) is 0 Å². The monoisotopic (exact) mass is 155 g/mol. The van der Waals surface area contributed by atoms with Crippen molar-refractivity contribution < 1.29 is 0 Å². The summed E-state index contributed by atoms with van der Waals surface area (Å²) < 4.78 is 0. The Hall–Kier alpha value is -1.11. The molecule has 0 aromatic carbocycles. The van der Waals surface area contributed by atoms with Gasteiger partial charge in [-0.2, -0.15) is 5.26 Å². The standard InChI is InChI=1S/C6H3ClN2.H3N/c7-6-5(4-8)2-1-3-9-6;/h1-3H;1H3. The van der Waals surface area contributed by atoms with E-state index in [1.807, 2.05) is 6.07 Å². The molecule has 0 fully saturated rings. The average Bonchev–Trinajstić information content (AvgIpc) is 1.89. The third-order valence-corrected chi connectivity index (χ3v) is 1.18. The van der Waals surface area contributed by atoms with E-state index < -0.39 is 0 Å². The van der Waals surface area contributed by atoms with Crippen LogP contribution in [0.15, 0.2) is 18.3 Å². The van der Waals surface area contributed by atoms with Gasteiger partial charge in [-0.15, -0.1) is 0 Å². The second-order valence-electron chi connectivity index (χ2n) is 1.45. The molecule has 1 rings (SSSR count). The molecule has 10 heavy (non-hydrogen) atoms. The molecule has 0 saturated heterocycles. The van der Waals surface area contributed by atoms with Crippen molar-refractivity contribution in [2.75, 3.05) is 0 Å². The highest BCUT2D eigenvalue weighted by atomic mass is 35.5. The van der Waals surface area contributed by atoms with E-state index in [9.17, 15) is 0 Å². The Morgan fingerprint density at radius 2 is 2.30 bits per heavy atom. The van der Waals surface area contributed by atoms with Gasteiger partial charge in [0.25, 0.3) is 0 Å². The van der Waals surface area contributed by atoms with Crippen molar-refractivity contribution in [3.05, 3.63) is 29.0 Å². The van der Waals surface area contributed by atoms with Crippen LogP contribution in [0.5, 0.6) is 0 Å². The Morgan fingerprint density at radius 1 is 1.60 bits per heavy atom. The van der Waals surface area contributed by atoms with Crippen LogP contribution in [-0.4, -0.2) is 4.98 Å². The molecule has 0 spiro atoms. The van der Waals surface area contributed by atoms with E-state index in [2.05, 4.69) is 4.98 Å². The molecular weight excluding hydrogens is 150 g/mol. The van der Waals surface area contributed by atoms with Gasteiger partial charge in [-0.1, -0.05) is 11.6 Å². The average molecular weight is 156 g/mol. The molecule has 1 aromatic rings. The summed E-state index contributed by atoms with van der Waals surface area (Å²) in [5.41, 5.74) is 0.416. The van der Waals surface area contributed by atoms with E-state index in [1.165, 1.54) is 0 Å². The minimum Gasteiger partial charge on any atom is -0.344 e. The van der Waals surface area contributed by atoms with Gasteiger partial charge in [0.2, 0.25) is 0 Å². The number of nitrogens with zero attached hydrogens (tertiary/aromatic N) is 2. The van der Waals surface area contributed by atoms with Crippen molar-refractivity contribution in [2.45, 2.75) is 0 Å². The predicted octanol–water partition coefficient (Wildman–Crippen LogP) is 1.77. The first-order chi connectivity index (χ1) is 4.34. The van der Waals surface area contributed by atoms with Crippen molar-refractivity contribution in [3.63, 3.8) is 0 Å². The van der Waals surface area contributed by atoms with Crippen LogP contribution >= 0.6 is 11.6 Å². The summed E-state index contributed by atoms with van der Waals surface area (Å²) >= 11 is 5.49. The fraction of sp³-hybridized carbons (Fsp3) is 0. The van der Waals surface area contributed by atoms with Gasteiger partial charge in [0, 0.05) is 6.20 Å². The molecule has 4 heteroatoms. The first-order valence-corrected chi connectivity index (χ1v) is 2.73. The molecular formula is C6H6ClN3. The van der Waals surface area contributed by atoms with Gasteiger partial charge in [-0.25, -0.2) is 4.98 Å². The maximum absolute atomic E-state index is 8.34. The van der Waals surface area contributed by atoms with Crippen LogP contribution < -0.4 is 6.15 Å². The van der Waals surface area contributed by atoms with Gasteiger partial charge in [0.15, 0.2) is 0 Å². The fourth-order valence-electron chi connectivity index (χ4n) is 0.469. The normalized spacial score (nSPS) is 7.60. The van der Waals surface area contributed by atoms with Crippen molar-refractivity contribution in [1.29, 1.82) is 5.26 Å². The lowest BCUT2D eigenvalue weighted by molar-refractivity contribution is 1.30. The SMILES string of the molecule is N.N#Cc1cccnc1Cl. The summed E-state index contributed by atoms with van der Waals surface area (Å²) in [6.45, 7) is 0. The third kappa shape index (κ3) is 1.69. The molecule has 0 aliphatic heterocycles. The predicted molar refractivity (Wildman–Crippen MR) is 39.0 cm³/mol. The topological polar surface area (TPSA) is 71.7 Å². The van der Waals surface area contributed by atoms with Crippen molar-refractivity contribution in [3.8, 4) is 6.07 Å². The minimum absolute atomic E-state index is 0. The molecule has 0 unspecified atom stereocenters. The zero-order chi connectivity index (χ0) is 6.69. The molecule has 3 N–H and O–H groups in total. The van der Waals surface area contributed by atoms with Crippen LogP contribution in [0, 0.1) is 11.3 Å². The van der Waals surface area contributed by atoms with Gasteiger partial charge >= 0.3 is 0 Å². The molecule has 0 atom stereocenters. The molecule has 0 aliphatic carbocycles. The number of halogens is 1. The van der Waals surface area contributed by atoms with Gasteiger partial charge in [-0.3, -0.25) is 0 Å². The number of hydrogen-bond donors (Lipinski definition) is 1. The van der Waals surface area contributed by atoms with Crippen molar-refractivity contribution >= 4 is 11.6 Å². The Morgan fingerprint density at radius 3 is 2.70 bits per heavy atom. The number of aromatic nitrogens is 1. The fourth-order valence-corrected chi connectivity index (χ4v) is 0.631. The van der Waals surface area contributed by atoms with E-state index in [0.717, 1.165) is 0 Å². The second kappa shape index (κ2) is 3.83. The first-order valence-electron chi connectivity index (χ1n) is 2.35. The highest BCUT2D eigenvalue weighted by Gasteiger charge is 1.94. The first kappa shape index (κ1) is 8.89. The van der Waals surface area contributed by atoms with Crippen LogP contribution in [0.25, 0.3) is 0 Å². The lowest BCUT2D eigenvalue weighted by Crippen LogP contribution is -1.77. The summed E-state index contributed by atoms with van der Waals surface area (Å²) in [5, 5.41) is 8.61. The van der Waals surface area contributed by atoms with Gasteiger partial charge in [0.05, 0.1) is 5.56 Å². The zero-order valence-corrected chi connectivity index (χ0v) is 5.97. The molecule has 52 valence electrons. The van der Waals surface area contributed by atoms with E-state index in [-0.39, 0.29) is 11.3 Å². The summed E-state index contributed by atoms with van der Waals surface area (Å²) in [5.74, 6) is 0. The molecule has 1 heterocycles. The van der Waals surface area contributed by atoms with Crippen LogP contribution in [0.2, 0.25) is 5.15 Å². The molecule has 3 nitrogen and oxygen atoms in total. The maximum Gasteiger partial charge on any atom is 0.146 e. The third-order valence-electron chi connectivity index (χ3n) is 0.880. The highest BCUT2D eigenvalue weighted by molar-refractivity contribution is 6.30. The molecule has 0 bridgehead atoms. The lowest BCUT2D eigenvalue weighted by atomic mass is 10.3. The van der Waals surface area contributed by atoms with Crippen LogP contribution in [0.3, 0.4) is 0 Å². The Labute approximate surface area is 63.8 Å². The van der Waals surface area contributed by atoms with Crippen molar-refractivity contribution in [1.82, 2.24) is 11.1 Å². The quantitative estimate of drug-likeness (QED) is 0.581. The molecule has 0 saturated carbocycles. The smallest absolute Gasteiger partial charge is 0.146 e.